The van der Waals surface area contributed by atoms with E-state index in [4.69, 9.17) is 5.73 Å². The van der Waals surface area contributed by atoms with E-state index in [9.17, 15) is 0 Å². The minimum atomic E-state index is 0.540. The molecule has 0 saturated carbocycles. The zero-order valence-corrected chi connectivity index (χ0v) is 6.98. The van der Waals surface area contributed by atoms with Gasteiger partial charge in [-0.25, -0.2) is 0 Å². The van der Waals surface area contributed by atoms with Crippen molar-refractivity contribution < 1.29 is 0 Å². The molecule has 0 aromatic carbocycles. The maximum atomic E-state index is 5.33. The van der Waals surface area contributed by atoms with Gasteiger partial charge in [-0.1, -0.05) is 20.4 Å². The number of nitrogens with one attached hydrogen (secondary N) is 1. The topological polar surface area (TPSA) is 38.0 Å². The molecule has 0 bridgehead atoms. The van der Waals surface area contributed by atoms with Crippen LogP contribution in [0.4, 0.5) is 0 Å². The molecule has 0 atom stereocenters. The fourth-order valence-electron chi connectivity index (χ4n) is 0.610. The summed E-state index contributed by atoms with van der Waals surface area (Å²) in [6, 6.07) is 0. The summed E-state index contributed by atoms with van der Waals surface area (Å²) >= 11 is 0. The van der Waals surface area contributed by atoms with Gasteiger partial charge in [-0.05, 0) is 12.3 Å². The minimum absolute atomic E-state index is 0.540. The van der Waals surface area contributed by atoms with Gasteiger partial charge in [0.1, 0.15) is 0 Å². The molecule has 0 unspecified atom stereocenters. The molecule has 0 aliphatic carbocycles. The predicted octanol–water partition coefficient (Wildman–Crippen LogP) is 1.09. The van der Waals surface area contributed by atoms with E-state index in [2.05, 4.69) is 25.7 Å². The van der Waals surface area contributed by atoms with Crippen LogP contribution in [0.5, 0.6) is 0 Å². The number of hydrogen-bond acceptors (Lipinski definition) is 2. The highest BCUT2D eigenvalue weighted by Crippen LogP contribution is 1.96. The summed E-state index contributed by atoms with van der Waals surface area (Å²) in [5.41, 5.74) is 6.26. The summed E-state index contributed by atoms with van der Waals surface area (Å²) < 4.78 is 0. The lowest BCUT2D eigenvalue weighted by molar-refractivity contribution is 0.562. The van der Waals surface area contributed by atoms with E-state index < -0.39 is 0 Å². The fraction of sp³-hybridized carbons (Fsp3) is 0.750. The third-order valence-corrected chi connectivity index (χ3v) is 1.34. The molecule has 0 amide bonds. The maximum absolute atomic E-state index is 5.33. The average Bonchev–Trinajstić information content (AvgIpc) is 1.87. The third-order valence-electron chi connectivity index (χ3n) is 1.34. The van der Waals surface area contributed by atoms with Gasteiger partial charge in [-0.15, -0.1) is 0 Å². The first-order valence-corrected chi connectivity index (χ1v) is 3.78. The molecule has 0 radical (unpaired) electrons. The van der Waals surface area contributed by atoms with Crippen LogP contribution in [0.1, 0.15) is 20.3 Å². The smallest absolute Gasteiger partial charge is 0.0322 e. The van der Waals surface area contributed by atoms with E-state index in [0.717, 1.165) is 18.2 Å². The summed E-state index contributed by atoms with van der Waals surface area (Å²) in [7, 11) is 0. The largest absolute Gasteiger partial charge is 0.388 e. The Balaban J connectivity index is 3.12. The van der Waals surface area contributed by atoms with Crippen molar-refractivity contribution in [2.24, 2.45) is 11.7 Å². The van der Waals surface area contributed by atoms with Crippen molar-refractivity contribution in [3.63, 3.8) is 0 Å². The van der Waals surface area contributed by atoms with E-state index in [1.54, 1.807) is 0 Å². The highest BCUT2D eigenvalue weighted by atomic mass is 14.9. The Bertz CT molecular complexity index is 97.4. The van der Waals surface area contributed by atoms with E-state index in [-0.39, 0.29) is 0 Å². The zero-order valence-electron chi connectivity index (χ0n) is 6.98. The Kier molecular flexibility index (Phi) is 5.03. The maximum Gasteiger partial charge on any atom is 0.0322 e. The molecule has 2 heteroatoms. The van der Waals surface area contributed by atoms with Crippen LogP contribution in [0.25, 0.3) is 0 Å². The molecule has 2 nitrogen and oxygen atoms in total. The first kappa shape index (κ1) is 9.50. The summed E-state index contributed by atoms with van der Waals surface area (Å²) in [6.07, 6.45) is 1.18. The molecule has 0 aliphatic heterocycles. The fourth-order valence-corrected chi connectivity index (χ4v) is 0.610. The molecule has 0 fully saturated rings. The third kappa shape index (κ3) is 5.63. The summed E-state index contributed by atoms with van der Waals surface area (Å²) in [5, 5.41) is 3.14. The molecule has 10 heavy (non-hydrogen) atoms. The van der Waals surface area contributed by atoms with Crippen LogP contribution in [0.3, 0.4) is 0 Å². The van der Waals surface area contributed by atoms with E-state index >= 15 is 0 Å². The van der Waals surface area contributed by atoms with Crippen LogP contribution in [0.2, 0.25) is 0 Å². The molecule has 3 N–H and O–H groups in total. The van der Waals surface area contributed by atoms with Gasteiger partial charge in [0, 0.05) is 18.8 Å². The van der Waals surface area contributed by atoms with E-state index in [1.165, 1.54) is 6.42 Å². The first-order valence-electron chi connectivity index (χ1n) is 3.78. The van der Waals surface area contributed by atoms with Crippen LogP contribution in [-0.4, -0.2) is 13.1 Å². The van der Waals surface area contributed by atoms with Crippen molar-refractivity contribution in [3.05, 3.63) is 12.3 Å². The van der Waals surface area contributed by atoms with E-state index in [0.29, 0.717) is 6.54 Å². The van der Waals surface area contributed by atoms with Crippen molar-refractivity contribution in [3.8, 4) is 0 Å². The van der Waals surface area contributed by atoms with Gasteiger partial charge < -0.3 is 11.1 Å². The molecule has 0 aromatic heterocycles. The standard InChI is InChI=1S/C8H18N2/c1-7(2)4-5-10-8(3)6-9/h7,10H,3-6,9H2,1-2H3. The van der Waals surface area contributed by atoms with Gasteiger partial charge in [0.2, 0.25) is 0 Å². The van der Waals surface area contributed by atoms with Gasteiger partial charge in [-0.3, -0.25) is 0 Å². The van der Waals surface area contributed by atoms with Crippen molar-refractivity contribution >= 4 is 0 Å². The molecule has 60 valence electrons. The van der Waals surface area contributed by atoms with Crippen molar-refractivity contribution in [1.29, 1.82) is 0 Å². The quantitative estimate of drug-likeness (QED) is 0.603. The van der Waals surface area contributed by atoms with Crippen LogP contribution < -0.4 is 11.1 Å². The monoisotopic (exact) mass is 142 g/mol. The van der Waals surface area contributed by atoms with Crippen molar-refractivity contribution in [2.45, 2.75) is 20.3 Å². The Labute approximate surface area is 63.5 Å². The molecule has 0 spiro atoms. The van der Waals surface area contributed by atoms with Gasteiger partial charge in [0.25, 0.3) is 0 Å². The Morgan fingerprint density at radius 2 is 2.20 bits per heavy atom. The van der Waals surface area contributed by atoms with Crippen LogP contribution in [-0.2, 0) is 0 Å². The lowest BCUT2D eigenvalue weighted by Gasteiger charge is -2.08. The first-order chi connectivity index (χ1) is 4.66. The van der Waals surface area contributed by atoms with Crippen LogP contribution >= 0.6 is 0 Å². The lowest BCUT2D eigenvalue weighted by atomic mass is 10.1. The van der Waals surface area contributed by atoms with Crippen molar-refractivity contribution in [1.82, 2.24) is 5.32 Å². The normalized spacial score (nSPS) is 10.0. The second-order valence-corrected chi connectivity index (χ2v) is 2.92. The zero-order chi connectivity index (χ0) is 7.98. The number of nitrogens with two attached hydrogens (primary N) is 1. The summed E-state index contributed by atoms with van der Waals surface area (Å²) in [5.74, 6) is 0.748. The summed E-state index contributed by atoms with van der Waals surface area (Å²) in [4.78, 5) is 0. The molecule has 0 aliphatic rings. The molecule has 0 rings (SSSR count). The van der Waals surface area contributed by atoms with Gasteiger partial charge in [-0.2, -0.15) is 0 Å². The second kappa shape index (κ2) is 5.30. The highest BCUT2D eigenvalue weighted by Gasteiger charge is 1.92. The SMILES string of the molecule is C=C(CN)NCCC(C)C. The molecule has 0 aromatic rings. The highest BCUT2D eigenvalue weighted by molar-refractivity contribution is 4.91. The Morgan fingerprint density at radius 3 is 2.60 bits per heavy atom. The van der Waals surface area contributed by atoms with Crippen LogP contribution in [0.15, 0.2) is 12.3 Å². The van der Waals surface area contributed by atoms with E-state index in [1.807, 2.05) is 0 Å². The summed E-state index contributed by atoms with van der Waals surface area (Å²) in [6.45, 7) is 9.67. The lowest BCUT2D eigenvalue weighted by Crippen LogP contribution is -2.21. The van der Waals surface area contributed by atoms with Gasteiger partial charge in [0.05, 0.1) is 0 Å². The molecule has 0 saturated heterocycles. The minimum Gasteiger partial charge on any atom is -0.388 e. The number of rotatable bonds is 5. The molecular weight excluding hydrogens is 124 g/mol. The predicted molar refractivity (Wildman–Crippen MR) is 45.7 cm³/mol. The molecule has 0 heterocycles. The average molecular weight is 142 g/mol. The number of hydrogen-bond donors (Lipinski definition) is 2. The Hall–Kier alpha value is -0.500. The van der Waals surface area contributed by atoms with Gasteiger partial charge in [0.15, 0.2) is 0 Å². The molecular formula is C8H18N2. The Morgan fingerprint density at radius 1 is 1.60 bits per heavy atom. The second-order valence-electron chi connectivity index (χ2n) is 2.92. The van der Waals surface area contributed by atoms with Crippen molar-refractivity contribution in [2.75, 3.05) is 13.1 Å². The van der Waals surface area contributed by atoms with Crippen LogP contribution in [0, 0.1) is 5.92 Å². The van der Waals surface area contributed by atoms with Gasteiger partial charge >= 0.3 is 0 Å².